The number of imide groups is 1. The lowest BCUT2D eigenvalue weighted by Gasteiger charge is -2.19. The number of amides is 3. The molecule has 3 heterocycles. The maximum atomic E-state index is 13.8. The van der Waals surface area contributed by atoms with Gasteiger partial charge in [0.1, 0.15) is 4.83 Å². The Morgan fingerprint density at radius 3 is 2.82 bits per heavy atom. The zero-order valence-electron chi connectivity index (χ0n) is 19.4. The molecule has 9 heteroatoms. The molecule has 3 aromatic rings. The van der Waals surface area contributed by atoms with Gasteiger partial charge in [0.25, 0.3) is 5.56 Å². The van der Waals surface area contributed by atoms with E-state index in [1.807, 2.05) is 18.2 Å². The van der Waals surface area contributed by atoms with E-state index in [-0.39, 0.29) is 17.5 Å². The summed E-state index contributed by atoms with van der Waals surface area (Å²) in [5, 5.41) is 3.43. The van der Waals surface area contributed by atoms with Gasteiger partial charge in [0.15, 0.2) is 5.16 Å². The zero-order valence-corrected chi connectivity index (χ0v) is 21.0. The van der Waals surface area contributed by atoms with E-state index in [9.17, 15) is 14.4 Å². The number of thiophene rings is 1. The summed E-state index contributed by atoms with van der Waals surface area (Å²) in [6.07, 6.45) is 3.68. The largest absolute Gasteiger partial charge is 0.336 e. The summed E-state index contributed by atoms with van der Waals surface area (Å²) >= 11 is 2.88. The van der Waals surface area contributed by atoms with Crippen molar-refractivity contribution >= 4 is 45.3 Å². The van der Waals surface area contributed by atoms with Crippen molar-refractivity contribution in [2.75, 3.05) is 13.1 Å². The van der Waals surface area contributed by atoms with Crippen molar-refractivity contribution in [3.63, 3.8) is 0 Å². The number of rotatable bonds is 6. The molecule has 0 radical (unpaired) electrons. The first kappa shape index (κ1) is 23.1. The van der Waals surface area contributed by atoms with Crippen LogP contribution >= 0.6 is 23.1 Å². The number of thioether (sulfide) groups is 1. The number of carbonyl (C=O) groups is 2. The van der Waals surface area contributed by atoms with Crippen molar-refractivity contribution in [1.29, 1.82) is 0 Å². The summed E-state index contributed by atoms with van der Waals surface area (Å²) in [6.45, 7) is 5.35. The van der Waals surface area contributed by atoms with Crippen LogP contribution < -0.4 is 10.9 Å². The van der Waals surface area contributed by atoms with Gasteiger partial charge >= 0.3 is 6.03 Å². The minimum atomic E-state index is -0.536. The molecule has 1 aliphatic carbocycles. The average Bonchev–Trinajstić information content (AvgIpc) is 3.41. The van der Waals surface area contributed by atoms with Crippen molar-refractivity contribution in [2.24, 2.45) is 5.92 Å². The minimum absolute atomic E-state index is 0.0194. The van der Waals surface area contributed by atoms with Gasteiger partial charge in [-0.05, 0) is 49.7 Å². The first-order valence-electron chi connectivity index (χ1n) is 11.8. The Hall–Kier alpha value is -2.65. The molecule has 0 spiro atoms. The fourth-order valence-electron chi connectivity index (χ4n) is 4.69. The number of nitrogens with one attached hydrogen (secondary N) is 1. The van der Waals surface area contributed by atoms with E-state index >= 15 is 0 Å². The summed E-state index contributed by atoms with van der Waals surface area (Å²) < 4.78 is 1.73. The van der Waals surface area contributed by atoms with Gasteiger partial charge in [0.2, 0.25) is 5.91 Å². The second-order valence-electron chi connectivity index (χ2n) is 9.10. The predicted octanol–water partition coefficient (Wildman–Crippen LogP) is 3.86. The Balaban J connectivity index is 1.52. The molecule has 0 saturated carbocycles. The molecule has 5 rings (SSSR count). The van der Waals surface area contributed by atoms with Gasteiger partial charge in [-0.25, -0.2) is 9.78 Å². The third kappa shape index (κ3) is 4.38. The van der Waals surface area contributed by atoms with Gasteiger partial charge < -0.3 is 5.32 Å². The molecule has 2 aliphatic rings. The zero-order chi connectivity index (χ0) is 23.8. The van der Waals surface area contributed by atoms with Gasteiger partial charge in [-0.3, -0.25) is 19.1 Å². The van der Waals surface area contributed by atoms with Crippen LogP contribution in [-0.2, 0) is 30.6 Å². The molecule has 178 valence electrons. The van der Waals surface area contributed by atoms with E-state index in [1.54, 1.807) is 22.8 Å². The molecule has 1 aromatic carbocycles. The van der Waals surface area contributed by atoms with Crippen LogP contribution in [0.3, 0.4) is 0 Å². The standard InChI is InChI=1S/C25H28N4O3S2/c1-15-8-9-18-19(14-15)34-21-20(18)23(31)29(12-10-17-6-4-3-5-7-17)25(27-21)33-16(2)22(30)28-13-11-26-24(28)32/h3-7,15-16H,8-14H2,1-2H3,(H,26,32). The van der Waals surface area contributed by atoms with Crippen molar-refractivity contribution in [3.8, 4) is 0 Å². The number of hydrogen-bond donors (Lipinski definition) is 1. The first-order valence-corrected chi connectivity index (χ1v) is 13.5. The summed E-state index contributed by atoms with van der Waals surface area (Å²) in [5.41, 5.74) is 2.29. The summed E-state index contributed by atoms with van der Waals surface area (Å²) in [4.78, 5) is 46.9. The Morgan fingerprint density at radius 1 is 1.29 bits per heavy atom. The number of nitrogens with zero attached hydrogens (tertiary/aromatic N) is 3. The molecule has 3 amide bonds. The van der Waals surface area contributed by atoms with Crippen molar-refractivity contribution in [1.82, 2.24) is 19.8 Å². The number of hydrogen-bond acceptors (Lipinski definition) is 6. The maximum Gasteiger partial charge on any atom is 0.324 e. The van der Waals surface area contributed by atoms with E-state index in [4.69, 9.17) is 4.98 Å². The molecule has 0 bridgehead atoms. The summed E-state index contributed by atoms with van der Waals surface area (Å²) in [5.74, 6) is 0.349. The SMILES string of the molecule is CC1CCc2c(sc3nc(SC(C)C(=O)N4CCNC4=O)n(CCc4ccccc4)c(=O)c23)C1. The third-order valence-corrected chi connectivity index (χ3v) is 8.83. The van der Waals surface area contributed by atoms with Gasteiger partial charge in [-0.2, -0.15) is 0 Å². The maximum absolute atomic E-state index is 13.8. The average molecular weight is 497 g/mol. The normalized spacial score (nSPS) is 18.7. The molecule has 1 saturated heterocycles. The van der Waals surface area contributed by atoms with Crippen LogP contribution in [0.15, 0.2) is 40.3 Å². The number of fused-ring (bicyclic) bond motifs is 3. The topological polar surface area (TPSA) is 84.3 Å². The highest BCUT2D eigenvalue weighted by Gasteiger charge is 2.32. The molecule has 2 atom stereocenters. The number of urea groups is 1. The number of benzene rings is 1. The molecule has 1 aliphatic heterocycles. The van der Waals surface area contributed by atoms with Crippen LogP contribution in [0.25, 0.3) is 10.2 Å². The fourth-order valence-corrected chi connectivity index (χ4v) is 7.11. The van der Waals surface area contributed by atoms with Gasteiger partial charge in [-0.1, -0.05) is 49.0 Å². The number of aromatic nitrogens is 2. The predicted molar refractivity (Wildman–Crippen MR) is 136 cm³/mol. The van der Waals surface area contributed by atoms with Gasteiger partial charge in [-0.15, -0.1) is 11.3 Å². The molecular weight excluding hydrogens is 468 g/mol. The van der Waals surface area contributed by atoms with Crippen LogP contribution in [0.2, 0.25) is 0 Å². The quantitative estimate of drug-likeness (QED) is 0.414. The van der Waals surface area contributed by atoms with E-state index < -0.39 is 5.25 Å². The second-order valence-corrected chi connectivity index (χ2v) is 11.5. The molecule has 1 N–H and O–H groups in total. The molecule has 34 heavy (non-hydrogen) atoms. The summed E-state index contributed by atoms with van der Waals surface area (Å²) in [6, 6.07) is 9.71. The van der Waals surface area contributed by atoms with Gasteiger partial charge in [0.05, 0.1) is 10.6 Å². The fraction of sp³-hybridized carbons (Fsp3) is 0.440. The van der Waals surface area contributed by atoms with Crippen LogP contribution in [0.4, 0.5) is 4.79 Å². The highest BCUT2D eigenvalue weighted by atomic mass is 32.2. The van der Waals surface area contributed by atoms with Crippen LogP contribution in [0, 0.1) is 5.92 Å². The van der Waals surface area contributed by atoms with E-state index in [0.717, 1.165) is 35.0 Å². The number of carbonyl (C=O) groups excluding carboxylic acids is 2. The lowest BCUT2D eigenvalue weighted by Crippen LogP contribution is -2.39. The molecule has 2 aromatic heterocycles. The highest BCUT2D eigenvalue weighted by Crippen LogP contribution is 2.37. The van der Waals surface area contributed by atoms with Crippen molar-refractivity contribution < 1.29 is 9.59 Å². The molecule has 7 nitrogen and oxygen atoms in total. The molecular formula is C25H28N4O3S2. The lowest BCUT2D eigenvalue weighted by atomic mass is 9.89. The smallest absolute Gasteiger partial charge is 0.324 e. The lowest BCUT2D eigenvalue weighted by molar-refractivity contribution is -0.126. The molecule has 1 fully saturated rings. The highest BCUT2D eigenvalue weighted by molar-refractivity contribution is 8.00. The number of aryl methyl sites for hydroxylation is 2. The Bertz CT molecular complexity index is 1300. The van der Waals surface area contributed by atoms with Crippen molar-refractivity contribution in [3.05, 3.63) is 56.7 Å². The van der Waals surface area contributed by atoms with E-state index in [0.29, 0.717) is 37.1 Å². The minimum Gasteiger partial charge on any atom is -0.336 e. The Labute approximate surface area is 206 Å². The second kappa shape index (κ2) is 9.54. The van der Waals surface area contributed by atoms with Crippen LogP contribution in [-0.4, -0.2) is 44.7 Å². The third-order valence-electron chi connectivity index (χ3n) is 6.60. The summed E-state index contributed by atoms with van der Waals surface area (Å²) in [7, 11) is 0. The molecule has 2 unspecified atom stereocenters. The van der Waals surface area contributed by atoms with E-state index in [1.165, 1.54) is 27.1 Å². The van der Waals surface area contributed by atoms with Gasteiger partial charge in [0, 0.05) is 24.5 Å². The Morgan fingerprint density at radius 2 is 2.09 bits per heavy atom. The van der Waals surface area contributed by atoms with E-state index in [2.05, 4.69) is 24.4 Å². The van der Waals surface area contributed by atoms with Crippen molar-refractivity contribution in [2.45, 2.75) is 56.5 Å². The Kier molecular flexibility index (Phi) is 6.48. The monoisotopic (exact) mass is 496 g/mol. The first-order chi connectivity index (χ1) is 16.4. The van der Waals surface area contributed by atoms with Crippen LogP contribution in [0.5, 0.6) is 0 Å². The van der Waals surface area contributed by atoms with Crippen LogP contribution in [0.1, 0.15) is 36.3 Å².